The van der Waals surface area contributed by atoms with Gasteiger partial charge in [0.25, 0.3) is 0 Å². The van der Waals surface area contributed by atoms with Crippen LogP contribution >= 0.6 is 0 Å². The van der Waals surface area contributed by atoms with Crippen molar-refractivity contribution in [2.45, 2.75) is 6.92 Å². The van der Waals surface area contributed by atoms with Gasteiger partial charge >= 0.3 is 0 Å². The predicted octanol–water partition coefficient (Wildman–Crippen LogP) is 1.61. The van der Waals surface area contributed by atoms with E-state index in [0.717, 1.165) is 5.56 Å². The average Bonchev–Trinajstić information content (AvgIpc) is 1.95. The van der Waals surface area contributed by atoms with E-state index in [9.17, 15) is 4.21 Å². The van der Waals surface area contributed by atoms with Crippen LogP contribution in [0.15, 0.2) is 22.6 Å². The molecule has 0 bridgehead atoms. The molecule has 3 nitrogen and oxygen atoms in total. The molecule has 0 aliphatic rings. The predicted molar refractivity (Wildman–Crippen MR) is 45.8 cm³/mol. The van der Waals surface area contributed by atoms with Gasteiger partial charge in [0.05, 0.1) is 5.69 Å². The van der Waals surface area contributed by atoms with Gasteiger partial charge in [-0.25, -0.2) is 0 Å². The standard InChI is InChI=1S/C7H8N2OS/c1-5-4-6(8)2-3-7(5)9-11-10/h2-4H,8H2,1H3. The summed E-state index contributed by atoms with van der Waals surface area (Å²) in [7, 11) is 0. The number of nitrogen functional groups attached to an aromatic ring is 1. The lowest BCUT2D eigenvalue weighted by molar-refractivity contribution is 0.698. The number of benzene rings is 1. The molecule has 0 radical (unpaired) electrons. The second kappa shape index (κ2) is 3.30. The van der Waals surface area contributed by atoms with E-state index in [1.54, 1.807) is 18.2 Å². The van der Waals surface area contributed by atoms with Crippen LogP contribution in [0.25, 0.3) is 0 Å². The van der Waals surface area contributed by atoms with Crippen LogP contribution in [0.1, 0.15) is 5.56 Å². The molecule has 1 aromatic rings. The van der Waals surface area contributed by atoms with Gasteiger partial charge < -0.3 is 5.73 Å². The summed E-state index contributed by atoms with van der Waals surface area (Å²) in [5, 5.41) is 0. The molecule has 0 aliphatic heterocycles. The number of hydrogen-bond acceptors (Lipinski definition) is 3. The number of anilines is 1. The monoisotopic (exact) mass is 168 g/mol. The van der Waals surface area contributed by atoms with Crippen molar-refractivity contribution < 1.29 is 4.21 Å². The Hall–Kier alpha value is -1.16. The van der Waals surface area contributed by atoms with Crippen molar-refractivity contribution in [3.05, 3.63) is 23.8 Å². The Morgan fingerprint density at radius 1 is 1.55 bits per heavy atom. The normalized spacial score (nSPS) is 9.18. The fourth-order valence-electron chi connectivity index (χ4n) is 0.821. The molecule has 0 saturated carbocycles. The number of nitrogens with zero attached hydrogens (tertiary/aromatic N) is 1. The van der Waals surface area contributed by atoms with Gasteiger partial charge in [0.2, 0.25) is 11.5 Å². The highest BCUT2D eigenvalue weighted by Gasteiger charge is 1.94. The Labute approximate surface area is 68.5 Å². The molecule has 0 atom stereocenters. The Bertz CT molecular complexity index is 318. The van der Waals surface area contributed by atoms with Crippen LogP contribution in [0.3, 0.4) is 0 Å². The van der Waals surface area contributed by atoms with Crippen molar-refractivity contribution >= 4 is 22.8 Å². The molecular weight excluding hydrogens is 160 g/mol. The van der Waals surface area contributed by atoms with Crippen LogP contribution in [-0.2, 0) is 11.5 Å². The maximum Gasteiger partial charge on any atom is 0.205 e. The zero-order valence-corrected chi connectivity index (χ0v) is 6.89. The van der Waals surface area contributed by atoms with Gasteiger partial charge in [0, 0.05) is 5.69 Å². The van der Waals surface area contributed by atoms with E-state index in [2.05, 4.69) is 4.36 Å². The molecule has 0 fully saturated rings. The first-order chi connectivity index (χ1) is 5.24. The molecular formula is C7H8N2OS. The summed E-state index contributed by atoms with van der Waals surface area (Å²) in [4.78, 5) is 0. The lowest BCUT2D eigenvalue weighted by Gasteiger charge is -1.97. The first-order valence-corrected chi connectivity index (χ1v) is 3.80. The second-order valence-electron chi connectivity index (χ2n) is 2.21. The second-order valence-corrected chi connectivity index (χ2v) is 2.54. The van der Waals surface area contributed by atoms with Crippen molar-refractivity contribution in [3.63, 3.8) is 0 Å². The van der Waals surface area contributed by atoms with E-state index in [1.807, 2.05) is 6.92 Å². The first-order valence-electron chi connectivity index (χ1n) is 3.10. The molecule has 1 rings (SSSR count). The Morgan fingerprint density at radius 3 is 2.82 bits per heavy atom. The molecule has 58 valence electrons. The molecule has 0 heterocycles. The average molecular weight is 168 g/mol. The summed E-state index contributed by atoms with van der Waals surface area (Å²) in [6.07, 6.45) is 0. The zero-order chi connectivity index (χ0) is 8.27. The van der Waals surface area contributed by atoms with E-state index >= 15 is 0 Å². The highest BCUT2D eigenvalue weighted by Crippen LogP contribution is 2.19. The molecule has 0 aromatic heterocycles. The Balaban J connectivity index is 3.19. The van der Waals surface area contributed by atoms with Crippen LogP contribution in [-0.4, -0.2) is 4.21 Å². The van der Waals surface area contributed by atoms with E-state index in [1.165, 1.54) is 0 Å². The van der Waals surface area contributed by atoms with Crippen LogP contribution in [0.5, 0.6) is 0 Å². The highest BCUT2D eigenvalue weighted by molar-refractivity contribution is 7.54. The van der Waals surface area contributed by atoms with Gasteiger partial charge in [-0.05, 0) is 30.7 Å². The summed E-state index contributed by atoms with van der Waals surface area (Å²) in [5.74, 6) is 0. The lowest BCUT2D eigenvalue weighted by Crippen LogP contribution is -1.84. The molecule has 0 saturated heterocycles. The molecule has 1 aromatic carbocycles. The van der Waals surface area contributed by atoms with Gasteiger partial charge in [-0.2, -0.15) is 8.57 Å². The Morgan fingerprint density at radius 2 is 2.27 bits per heavy atom. The van der Waals surface area contributed by atoms with Gasteiger partial charge in [0.1, 0.15) is 0 Å². The van der Waals surface area contributed by atoms with Crippen LogP contribution in [0.4, 0.5) is 11.4 Å². The van der Waals surface area contributed by atoms with Crippen molar-refractivity contribution in [2.75, 3.05) is 5.73 Å². The summed E-state index contributed by atoms with van der Waals surface area (Å²) in [5.41, 5.74) is 7.81. The lowest BCUT2D eigenvalue weighted by atomic mass is 10.2. The molecule has 0 amide bonds. The van der Waals surface area contributed by atoms with Gasteiger partial charge in [-0.1, -0.05) is 0 Å². The number of nitrogens with two attached hydrogens (primary N) is 1. The van der Waals surface area contributed by atoms with Crippen molar-refractivity contribution in [1.29, 1.82) is 0 Å². The minimum atomic E-state index is 0.209. The van der Waals surface area contributed by atoms with E-state index in [4.69, 9.17) is 5.73 Å². The Kier molecular flexibility index (Phi) is 2.38. The maximum atomic E-state index is 10.1. The molecule has 0 spiro atoms. The zero-order valence-electron chi connectivity index (χ0n) is 6.07. The summed E-state index contributed by atoms with van der Waals surface area (Å²) in [6.45, 7) is 1.87. The number of hydrogen-bond donors (Lipinski definition) is 1. The van der Waals surface area contributed by atoms with E-state index in [-0.39, 0.29) is 11.5 Å². The topological polar surface area (TPSA) is 55.4 Å². The molecule has 4 heteroatoms. The minimum Gasteiger partial charge on any atom is -0.399 e. The third kappa shape index (κ3) is 1.88. The molecule has 0 aliphatic carbocycles. The summed E-state index contributed by atoms with van der Waals surface area (Å²) >= 11 is 0.209. The summed E-state index contributed by atoms with van der Waals surface area (Å²) < 4.78 is 13.7. The van der Waals surface area contributed by atoms with Crippen LogP contribution in [0, 0.1) is 6.92 Å². The fraction of sp³-hybridized carbons (Fsp3) is 0.143. The smallest absolute Gasteiger partial charge is 0.205 e. The third-order valence-corrected chi connectivity index (χ3v) is 1.63. The van der Waals surface area contributed by atoms with Crippen molar-refractivity contribution in [2.24, 2.45) is 4.36 Å². The summed E-state index contributed by atoms with van der Waals surface area (Å²) in [6, 6.07) is 5.24. The minimum absolute atomic E-state index is 0.209. The molecule has 2 N–H and O–H groups in total. The molecule has 0 unspecified atom stereocenters. The van der Waals surface area contributed by atoms with Gasteiger partial charge in [0.15, 0.2) is 0 Å². The maximum absolute atomic E-state index is 10.1. The quantitative estimate of drug-likeness (QED) is 0.647. The van der Waals surface area contributed by atoms with Crippen molar-refractivity contribution in [3.8, 4) is 0 Å². The fourth-order valence-corrected chi connectivity index (χ4v) is 1.11. The third-order valence-electron chi connectivity index (χ3n) is 1.36. The van der Waals surface area contributed by atoms with Gasteiger partial charge in [-0.15, -0.1) is 0 Å². The van der Waals surface area contributed by atoms with Crippen LogP contribution < -0.4 is 5.73 Å². The number of rotatable bonds is 1. The first kappa shape index (κ1) is 7.94. The SMILES string of the molecule is Cc1cc(N)ccc1N=S=O. The largest absolute Gasteiger partial charge is 0.399 e. The number of aryl methyl sites for hydroxylation is 1. The van der Waals surface area contributed by atoms with E-state index < -0.39 is 0 Å². The van der Waals surface area contributed by atoms with Crippen molar-refractivity contribution in [1.82, 2.24) is 0 Å². The highest BCUT2D eigenvalue weighted by atomic mass is 32.1. The molecule has 11 heavy (non-hydrogen) atoms. The van der Waals surface area contributed by atoms with Gasteiger partial charge in [-0.3, -0.25) is 0 Å². The van der Waals surface area contributed by atoms with E-state index in [0.29, 0.717) is 11.4 Å². The van der Waals surface area contributed by atoms with Crippen LogP contribution in [0.2, 0.25) is 0 Å².